The van der Waals surface area contributed by atoms with Crippen LogP contribution in [0.25, 0.3) is 0 Å². The summed E-state index contributed by atoms with van der Waals surface area (Å²) in [5.74, 6) is -0.137. The van der Waals surface area contributed by atoms with Gasteiger partial charge in [0.1, 0.15) is 0 Å². The van der Waals surface area contributed by atoms with Gasteiger partial charge in [-0.15, -0.1) is 0 Å². The molecule has 0 aromatic carbocycles. The van der Waals surface area contributed by atoms with Gasteiger partial charge < -0.3 is 5.32 Å². The fraction of sp³-hybridized carbons (Fsp3) is 0.944. The van der Waals surface area contributed by atoms with Crippen molar-refractivity contribution in [2.75, 3.05) is 26.2 Å². The highest BCUT2D eigenvalue weighted by Gasteiger charge is 2.36. The Morgan fingerprint density at radius 1 is 0.760 bits per heavy atom. The first-order valence-electron chi connectivity index (χ1n) is 10.1. The number of rotatable bonds is 4. The van der Waals surface area contributed by atoms with Crippen molar-refractivity contribution >= 4 is 16.1 Å². The number of piperidine rings is 2. The van der Waals surface area contributed by atoms with Gasteiger partial charge in [0.15, 0.2) is 0 Å². The zero-order valence-electron chi connectivity index (χ0n) is 15.3. The van der Waals surface area contributed by atoms with Crippen LogP contribution in [0.1, 0.15) is 70.6 Å². The van der Waals surface area contributed by atoms with Gasteiger partial charge in [-0.1, -0.05) is 32.1 Å². The fourth-order valence-corrected chi connectivity index (χ4v) is 6.14. The first-order valence-corrected chi connectivity index (χ1v) is 11.5. The minimum Gasteiger partial charge on any atom is -0.353 e. The van der Waals surface area contributed by atoms with Crippen LogP contribution in [-0.2, 0) is 15.0 Å². The van der Waals surface area contributed by atoms with E-state index in [9.17, 15) is 13.2 Å². The van der Waals surface area contributed by atoms with Crippen molar-refractivity contribution in [3.05, 3.63) is 0 Å². The van der Waals surface area contributed by atoms with Gasteiger partial charge in [0.25, 0.3) is 10.2 Å². The molecule has 1 atom stereocenters. The second-order valence-electron chi connectivity index (χ2n) is 7.86. The van der Waals surface area contributed by atoms with Gasteiger partial charge in [0, 0.05) is 32.2 Å². The van der Waals surface area contributed by atoms with E-state index in [0.29, 0.717) is 26.2 Å². The lowest BCUT2D eigenvalue weighted by molar-refractivity contribution is -0.126. The average Bonchev–Trinajstić information content (AvgIpc) is 2.91. The summed E-state index contributed by atoms with van der Waals surface area (Å²) >= 11 is 0. The van der Waals surface area contributed by atoms with E-state index in [4.69, 9.17) is 0 Å². The van der Waals surface area contributed by atoms with Crippen LogP contribution in [0.2, 0.25) is 0 Å². The summed E-state index contributed by atoms with van der Waals surface area (Å²) in [5, 5.41) is 3.21. The van der Waals surface area contributed by atoms with Crippen molar-refractivity contribution in [2.45, 2.75) is 76.7 Å². The molecule has 1 saturated carbocycles. The number of amides is 1. The Hall–Kier alpha value is -0.660. The largest absolute Gasteiger partial charge is 0.353 e. The van der Waals surface area contributed by atoms with Gasteiger partial charge in [0.05, 0.1) is 5.92 Å². The van der Waals surface area contributed by atoms with Crippen LogP contribution < -0.4 is 5.32 Å². The maximum atomic E-state index is 12.9. The molecule has 0 aromatic heterocycles. The molecule has 7 heteroatoms. The summed E-state index contributed by atoms with van der Waals surface area (Å²) < 4.78 is 28.9. The Bertz CT molecular complexity index is 538. The zero-order chi connectivity index (χ0) is 17.7. The van der Waals surface area contributed by atoms with E-state index >= 15 is 0 Å². The van der Waals surface area contributed by atoms with E-state index in [0.717, 1.165) is 44.9 Å². The van der Waals surface area contributed by atoms with Crippen molar-refractivity contribution in [1.82, 2.24) is 13.9 Å². The van der Waals surface area contributed by atoms with E-state index in [1.165, 1.54) is 25.7 Å². The van der Waals surface area contributed by atoms with E-state index < -0.39 is 10.2 Å². The van der Waals surface area contributed by atoms with Gasteiger partial charge in [-0.3, -0.25) is 4.79 Å². The Kier molecular flexibility index (Phi) is 6.74. The predicted molar refractivity (Wildman–Crippen MR) is 98.3 cm³/mol. The van der Waals surface area contributed by atoms with E-state index in [2.05, 4.69) is 5.32 Å². The van der Waals surface area contributed by atoms with Crippen molar-refractivity contribution in [1.29, 1.82) is 0 Å². The van der Waals surface area contributed by atoms with Gasteiger partial charge in [-0.2, -0.15) is 17.0 Å². The summed E-state index contributed by atoms with van der Waals surface area (Å²) in [6.45, 7) is 2.14. The second kappa shape index (κ2) is 8.82. The molecule has 1 amide bonds. The third kappa shape index (κ3) is 4.95. The zero-order valence-corrected chi connectivity index (χ0v) is 16.1. The Morgan fingerprint density at radius 3 is 2.04 bits per heavy atom. The van der Waals surface area contributed by atoms with E-state index in [1.54, 1.807) is 8.61 Å². The minimum atomic E-state index is -3.40. The molecule has 0 aromatic rings. The Labute approximate surface area is 152 Å². The molecule has 1 unspecified atom stereocenters. The van der Waals surface area contributed by atoms with Crippen LogP contribution in [0.15, 0.2) is 0 Å². The fourth-order valence-electron chi connectivity index (χ4n) is 4.37. The SMILES string of the molecule is O=C(NC1CCCCCC1)C1CCCN(S(=O)(=O)N2CCCCC2)C1. The number of hydrogen-bond donors (Lipinski definition) is 1. The number of hydrogen-bond acceptors (Lipinski definition) is 3. The number of nitrogens with zero attached hydrogens (tertiary/aromatic N) is 2. The van der Waals surface area contributed by atoms with E-state index in [1.807, 2.05) is 0 Å². The summed E-state index contributed by atoms with van der Waals surface area (Å²) in [6.07, 6.45) is 11.6. The van der Waals surface area contributed by atoms with Crippen molar-refractivity contribution in [3.8, 4) is 0 Å². The van der Waals surface area contributed by atoms with Gasteiger partial charge in [-0.25, -0.2) is 0 Å². The third-order valence-corrected chi connectivity index (χ3v) is 7.93. The van der Waals surface area contributed by atoms with Crippen molar-refractivity contribution < 1.29 is 13.2 Å². The molecular weight excluding hydrogens is 338 g/mol. The second-order valence-corrected chi connectivity index (χ2v) is 9.79. The highest BCUT2D eigenvalue weighted by Crippen LogP contribution is 2.24. The average molecular weight is 372 g/mol. The van der Waals surface area contributed by atoms with Crippen LogP contribution in [0.3, 0.4) is 0 Å². The molecule has 2 aliphatic heterocycles. The maximum absolute atomic E-state index is 12.9. The lowest BCUT2D eigenvalue weighted by atomic mass is 9.97. The van der Waals surface area contributed by atoms with Crippen molar-refractivity contribution in [2.24, 2.45) is 5.92 Å². The standard InChI is InChI=1S/C18H33N3O3S/c22-18(19-17-10-4-1-2-5-11-17)16-9-8-14-21(15-16)25(23,24)20-12-6-3-7-13-20/h16-17H,1-15H2,(H,19,22). The van der Waals surface area contributed by atoms with E-state index in [-0.39, 0.29) is 17.9 Å². The summed E-state index contributed by atoms with van der Waals surface area (Å²) in [6, 6.07) is 0.282. The van der Waals surface area contributed by atoms with Crippen LogP contribution >= 0.6 is 0 Å². The van der Waals surface area contributed by atoms with Gasteiger partial charge in [0.2, 0.25) is 5.91 Å². The molecule has 3 fully saturated rings. The molecule has 2 saturated heterocycles. The lowest BCUT2D eigenvalue weighted by Gasteiger charge is -2.36. The number of carbonyl (C=O) groups excluding carboxylic acids is 1. The number of nitrogens with one attached hydrogen (secondary N) is 1. The van der Waals surface area contributed by atoms with Gasteiger partial charge >= 0.3 is 0 Å². The highest BCUT2D eigenvalue weighted by atomic mass is 32.2. The first kappa shape index (κ1) is 19.1. The normalized spacial score (nSPS) is 28.4. The molecule has 144 valence electrons. The molecular formula is C18H33N3O3S. The van der Waals surface area contributed by atoms with Crippen LogP contribution in [0.5, 0.6) is 0 Å². The van der Waals surface area contributed by atoms with Crippen LogP contribution in [0.4, 0.5) is 0 Å². The molecule has 6 nitrogen and oxygen atoms in total. The first-order chi connectivity index (χ1) is 12.1. The van der Waals surface area contributed by atoms with Crippen LogP contribution in [0, 0.1) is 5.92 Å². The van der Waals surface area contributed by atoms with Gasteiger partial charge in [-0.05, 0) is 38.5 Å². The molecule has 3 aliphatic rings. The predicted octanol–water partition coefficient (Wildman–Crippen LogP) is 2.27. The number of carbonyl (C=O) groups is 1. The molecule has 0 bridgehead atoms. The maximum Gasteiger partial charge on any atom is 0.281 e. The molecule has 0 spiro atoms. The summed E-state index contributed by atoms with van der Waals surface area (Å²) in [5.41, 5.74) is 0. The third-order valence-electron chi connectivity index (χ3n) is 5.92. The molecule has 1 aliphatic carbocycles. The molecule has 25 heavy (non-hydrogen) atoms. The monoisotopic (exact) mass is 371 g/mol. The lowest BCUT2D eigenvalue weighted by Crippen LogP contribution is -2.52. The molecule has 0 radical (unpaired) electrons. The topological polar surface area (TPSA) is 69.7 Å². The van der Waals surface area contributed by atoms with Crippen LogP contribution in [-0.4, -0.2) is 55.2 Å². The smallest absolute Gasteiger partial charge is 0.281 e. The highest BCUT2D eigenvalue weighted by molar-refractivity contribution is 7.86. The Balaban J connectivity index is 1.57. The quantitative estimate of drug-likeness (QED) is 0.771. The van der Waals surface area contributed by atoms with Crippen molar-refractivity contribution in [3.63, 3.8) is 0 Å². The summed E-state index contributed by atoms with van der Waals surface area (Å²) in [4.78, 5) is 12.7. The molecule has 1 N–H and O–H groups in total. The summed E-state index contributed by atoms with van der Waals surface area (Å²) in [7, 11) is -3.40. The Morgan fingerprint density at radius 2 is 1.36 bits per heavy atom. The minimum absolute atomic E-state index is 0.0606. The molecule has 2 heterocycles. The molecule has 3 rings (SSSR count).